The molecule has 2 atom stereocenters. The molecular formula is C21H27N3OS. The molecule has 4 heterocycles. The lowest BCUT2D eigenvalue weighted by atomic mass is 9.94. The summed E-state index contributed by atoms with van der Waals surface area (Å²) in [7, 11) is 0. The Morgan fingerprint density at radius 1 is 1.19 bits per heavy atom. The number of fused-ring (bicyclic) bond motifs is 4. The first-order valence-corrected chi connectivity index (χ1v) is 10.6. The van der Waals surface area contributed by atoms with E-state index < -0.39 is 0 Å². The molecule has 3 aliphatic heterocycles. The maximum Gasteiger partial charge on any atom is 0.273 e. The number of piperidine rings is 1. The fourth-order valence-corrected chi connectivity index (χ4v) is 5.13. The Balaban J connectivity index is 1.46. The molecule has 3 fully saturated rings. The maximum atomic E-state index is 13.0. The molecule has 4 nitrogen and oxygen atoms in total. The van der Waals surface area contributed by atoms with Gasteiger partial charge >= 0.3 is 0 Å². The molecule has 0 N–H and O–H groups in total. The third kappa shape index (κ3) is 3.84. The molecule has 3 aliphatic rings. The second-order valence-electron chi connectivity index (χ2n) is 7.60. The molecule has 1 aromatic carbocycles. The lowest BCUT2D eigenvalue weighted by Gasteiger charge is -2.36. The molecule has 0 spiro atoms. The summed E-state index contributed by atoms with van der Waals surface area (Å²) in [5.74, 6) is 0.706. The van der Waals surface area contributed by atoms with E-state index in [-0.39, 0.29) is 5.91 Å². The quantitative estimate of drug-likeness (QED) is 0.804. The number of hydrogen-bond acceptors (Lipinski definition) is 4. The summed E-state index contributed by atoms with van der Waals surface area (Å²) in [6, 6.07) is 11.2. The molecule has 26 heavy (non-hydrogen) atoms. The third-order valence-corrected chi connectivity index (χ3v) is 6.49. The van der Waals surface area contributed by atoms with Crippen LogP contribution in [0.4, 0.5) is 0 Å². The highest BCUT2D eigenvalue weighted by atomic mass is 32.1. The van der Waals surface area contributed by atoms with Gasteiger partial charge in [0.1, 0.15) is 5.69 Å². The van der Waals surface area contributed by atoms with E-state index in [1.165, 1.54) is 18.4 Å². The van der Waals surface area contributed by atoms with Gasteiger partial charge in [-0.25, -0.2) is 4.98 Å². The number of thiazole rings is 1. The fraction of sp³-hybridized carbons (Fsp3) is 0.524. The van der Waals surface area contributed by atoms with Crippen LogP contribution in [-0.4, -0.2) is 46.4 Å². The maximum absolute atomic E-state index is 13.0. The number of nitrogens with zero attached hydrogens (tertiary/aromatic N) is 3. The molecule has 0 saturated carbocycles. The SMILES string of the molecule is CCCc1nc(C(=O)N2C[C@H]3CC[C@@H](C2)N(Cc2ccccc2)C3)cs1. The zero-order chi connectivity index (χ0) is 17.9. The Labute approximate surface area is 159 Å². The predicted molar refractivity (Wildman–Crippen MR) is 105 cm³/mol. The monoisotopic (exact) mass is 369 g/mol. The number of rotatable bonds is 5. The molecule has 138 valence electrons. The van der Waals surface area contributed by atoms with Crippen LogP contribution in [-0.2, 0) is 13.0 Å². The van der Waals surface area contributed by atoms with Crippen LogP contribution >= 0.6 is 11.3 Å². The number of benzene rings is 1. The minimum absolute atomic E-state index is 0.127. The topological polar surface area (TPSA) is 36.4 Å². The lowest BCUT2D eigenvalue weighted by molar-refractivity contribution is 0.0730. The summed E-state index contributed by atoms with van der Waals surface area (Å²) >= 11 is 1.62. The predicted octanol–water partition coefficient (Wildman–Crippen LogP) is 3.83. The summed E-state index contributed by atoms with van der Waals surface area (Å²) < 4.78 is 0. The largest absolute Gasteiger partial charge is 0.335 e. The van der Waals surface area contributed by atoms with Gasteiger partial charge in [0.25, 0.3) is 5.91 Å². The molecule has 5 heteroatoms. The molecule has 5 rings (SSSR count). The molecule has 0 aliphatic carbocycles. The van der Waals surface area contributed by atoms with Crippen LogP contribution in [0.5, 0.6) is 0 Å². The van der Waals surface area contributed by atoms with Crippen LogP contribution in [0, 0.1) is 5.92 Å². The van der Waals surface area contributed by atoms with E-state index in [1.807, 2.05) is 5.38 Å². The second-order valence-corrected chi connectivity index (χ2v) is 8.54. The van der Waals surface area contributed by atoms with Crippen molar-refractivity contribution in [3.05, 3.63) is 52.0 Å². The minimum atomic E-state index is 0.127. The van der Waals surface area contributed by atoms with Crippen LogP contribution in [0.2, 0.25) is 0 Å². The molecular weight excluding hydrogens is 342 g/mol. The first-order valence-electron chi connectivity index (χ1n) is 9.74. The van der Waals surface area contributed by atoms with Crippen molar-refractivity contribution in [1.82, 2.24) is 14.8 Å². The zero-order valence-electron chi connectivity index (χ0n) is 15.4. The Kier molecular flexibility index (Phi) is 5.36. The van der Waals surface area contributed by atoms with Gasteiger partial charge in [-0.05, 0) is 37.2 Å². The molecule has 1 amide bonds. The van der Waals surface area contributed by atoms with Crippen LogP contribution < -0.4 is 0 Å². The van der Waals surface area contributed by atoms with Crippen molar-refractivity contribution in [2.24, 2.45) is 5.92 Å². The average Bonchev–Trinajstić information content (AvgIpc) is 2.93. The molecule has 2 aromatic rings. The third-order valence-electron chi connectivity index (χ3n) is 5.58. The number of carbonyl (C=O) groups excluding carboxylic acids is 1. The summed E-state index contributed by atoms with van der Waals surface area (Å²) in [4.78, 5) is 22.2. The van der Waals surface area contributed by atoms with E-state index in [4.69, 9.17) is 0 Å². The van der Waals surface area contributed by atoms with Crippen LogP contribution in [0.25, 0.3) is 0 Å². The van der Waals surface area contributed by atoms with E-state index >= 15 is 0 Å². The van der Waals surface area contributed by atoms with Crippen molar-refractivity contribution < 1.29 is 4.79 Å². The van der Waals surface area contributed by atoms with Crippen molar-refractivity contribution in [3.63, 3.8) is 0 Å². The number of carbonyl (C=O) groups is 1. The van der Waals surface area contributed by atoms with Crippen LogP contribution in [0.1, 0.15) is 47.2 Å². The van der Waals surface area contributed by atoms with Gasteiger partial charge in [-0.1, -0.05) is 37.3 Å². The van der Waals surface area contributed by atoms with Crippen molar-refractivity contribution in [2.75, 3.05) is 19.6 Å². The lowest BCUT2D eigenvalue weighted by Crippen LogP contribution is -2.43. The Morgan fingerprint density at radius 2 is 2.04 bits per heavy atom. The van der Waals surface area contributed by atoms with E-state index in [9.17, 15) is 4.79 Å². The van der Waals surface area contributed by atoms with Gasteiger partial charge in [-0.15, -0.1) is 11.3 Å². The number of aryl methyl sites for hydroxylation is 1. The Bertz CT molecular complexity index is 745. The average molecular weight is 370 g/mol. The van der Waals surface area contributed by atoms with Crippen molar-refractivity contribution in [2.45, 2.75) is 45.2 Å². The molecule has 0 unspecified atom stereocenters. The highest BCUT2D eigenvalue weighted by molar-refractivity contribution is 7.09. The van der Waals surface area contributed by atoms with E-state index in [1.54, 1.807) is 11.3 Å². The van der Waals surface area contributed by atoms with E-state index in [0.29, 0.717) is 17.7 Å². The fourth-order valence-electron chi connectivity index (χ4n) is 4.26. The van der Waals surface area contributed by atoms with Gasteiger partial charge in [0.15, 0.2) is 0 Å². The van der Waals surface area contributed by atoms with Gasteiger partial charge in [0.05, 0.1) is 5.01 Å². The summed E-state index contributed by atoms with van der Waals surface area (Å²) in [5, 5.41) is 3.03. The standard InChI is InChI=1S/C21H27N3OS/c1-2-6-20-22-19(15-26-20)21(25)24-13-17-9-10-18(14-24)23(12-17)11-16-7-4-3-5-8-16/h3-5,7-8,15,17-18H,2,6,9-14H2,1H3/t17-,18-/m0/s1. The minimum Gasteiger partial charge on any atom is -0.335 e. The van der Waals surface area contributed by atoms with Crippen molar-refractivity contribution in [3.8, 4) is 0 Å². The van der Waals surface area contributed by atoms with Crippen LogP contribution in [0.3, 0.4) is 0 Å². The highest BCUT2D eigenvalue weighted by Crippen LogP contribution is 2.30. The second kappa shape index (κ2) is 7.89. The Hall–Kier alpha value is -1.72. The normalized spacial score (nSPS) is 23.2. The van der Waals surface area contributed by atoms with Crippen molar-refractivity contribution in [1.29, 1.82) is 0 Å². The van der Waals surface area contributed by atoms with E-state index in [2.05, 4.69) is 52.0 Å². The number of hydrogen-bond donors (Lipinski definition) is 0. The molecule has 3 saturated heterocycles. The number of amides is 1. The number of aromatic nitrogens is 1. The van der Waals surface area contributed by atoms with E-state index in [0.717, 1.165) is 44.0 Å². The van der Waals surface area contributed by atoms with Gasteiger partial charge in [-0.2, -0.15) is 0 Å². The highest BCUT2D eigenvalue weighted by Gasteiger charge is 2.37. The van der Waals surface area contributed by atoms with Gasteiger partial charge in [0.2, 0.25) is 0 Å². The van der Waals surface area contributed by atoms with Gasteiger partial charge in [0, 0.05) is 37.6 Å². The van der Waals surface area contributed by atoms with Gasteiger partial charge in [-0.3, -0.25) is 9.69 Å². The van der Waals surface area contributed by atoms with Crippen LogP contribution in [0.15, 0.2) is 35.7 Å². The summed E-state index contributed by atoms with van der Waals surface area (Å²) in [6.45, 7) is 5.95. The smallest absolute Gasteiger partial charge is 0.273 e. The zero-order valence-corrected chi connectivity index (χ0v) is 16.3. The first-order chi connectivity index (χ1) is 12.7. The first kappa shape index (κ1) is 17.7. The summed E-state index contributed by atoms with van der Waals surface area (Å²) in [5.41, 5.74) is 2.01. The molecule has 1 aromatic heterocycles. The Morgan fingerprint density at radius 3 is 2.85 bits per heavy atom. The van der Waals surface area contributed by atoms with Gasteiger partial charge < -0.3 is 4.90 Å². The van der Waals surface area contributed by atoms with Crippen molar-refractivity contribution >= 4 is 17.2 Å². The molecule has 0 radical (unpaired) electrons. The summed E-state index contributed by atoms with van der Waals surface area (Å²) in [6.07, 6.45) is 4.47. The molecule has 2 bridgehead atoms.